The van der Waals surface area contributed by atoms with Crippen LogP contribution in [0.2, 0.25) is 0 Å². The maximum atomic E-state index is 12.8. The molecule has 0 saturated heterocycles. The fourth-order valence-corrected chi connectivity index (χ4v) is 3.24. The van der Waals surface area contributed by atoms with Crippen LogP contribution < -0.4 is 0 Å². The van der Waals surface area contributed by atoms with Crippen molar-refractivity contribution in [3.05, 3.63) is 83.4 Å². The Balaban J connectivity index is 1.83. The van der Waals surface area contributed by atoms with Gasteiger partial charge < -0.3 is 5.11 Å². The molecule has 24 heavy (non-hydrogen) atoms. The number of carbonyl (C=O) groups excluding carboxylic acids is 2. The molecule has 1 atom stereocenters. The van der Waals surface area contributed by atoms with Crippen LogP contribution in [0, 0.1) is 0 Å². The molecule has 3 aromatic rings. The lowest BCUT2D eigenvalue weighted by atomic mass is 10.0. The highest BCUT2D eigenvalue weighted by atomic mass is 16.3. The van der Waals surface area contributed by atoms with E-state index in [0.29, 0.717) is 11.1 Å². The molecule has 4 rings (SSSR count). The highest BCUT2D eigenvalue weighted by Crippen LogP contribution is 2.33. The third kappa shape index (κ3) is 2.12. The second-order valence-electron chi connectivity index (χ2n) is 5.83. The van der Waals surface area contributed by atoms with Crippen molar-refractivity contribution in [3.63, 3.8) is 0 Å². The molecule has 0 radical (unpaired) electrons. The van der Waals surface area contributed by atoms with Gasteiger partial charge in [-0.2, -0.15) is 0 Å². The van der Waals surface area contributed by atoms with Crippen LogP contribution in [-0.2, 0) is 0 Å². The summed E-state index contributed by atoms with van der Waals surface area (Å²) in [5, 5.41) is 11.6. The van der Waals surface area contributed by atoms with E-state index in [2.05, 4.69) is 0 Å². The normalized spacial score (nSPS) is 15.0. The molecular weight excluding hydrogens is 302 g/mol. The first-order valence-corrected chi connectivity index (χ1v) is 7.77. The van der Waals surface area contributed by atoms with Crippen molar-refractivity contribution in [2.75, 3.05) is 6.61 Å². The Morgan fingerprint density at radius 2 is 1.29 bits per heavy atom. The average molecular weight is 317 g/mol. The number of imide groups is 1. The lowest BCUT2D eigenvalue weighted by molar-refractivity contribution is 0.0514. The van der Waals surface area contributed by atoms with E-state index in [-0.39, 0.29) is 18.4 Å². The van der Waals surface area contributed by atoms with Crippen molar-refractivity contribution in [1.82, 2.24) is 4.90 Å². The molecule has 2 amide bonds. The molecule has 4 heteroatoms. The fraction of sp³-hybridized carbons (Fsp3) is 0.100. The van der Waals surface area contributed by atoms with Gasteiger partial charge in [0.2, 0.25) is 0 Å². The Kier molecular flexibility index (Phi) is 3.40. The minimum atomic E-state index is -0.679. The molecule has 1 N–H and O–H groups in total. The molecule has 1 aliphatic rings. The Morgan fingerprint density at radius 3 is 1.79 bits per heavy atom. The number of nitrogens with zero attached hydrogens (tertiary/aromatic N) is 1. The SMILES string of the molecule is O=C1c2cc3ccccc3cc2C(=O)N1[C@H](CO)c1ccccc1. The van der Waals surface area contributed by atoms with Crippen LogP contribution in [-0.4, -0.2) is 28.4 Å². The molecule has 118 valence electrons. The van der Waals surface area contributed by atoms with E-state index in [0.717, 1.165) is 16.3 Å². The van der Waals surface area contributed by atoms with Gasteiger partial charge in [-0.3, -0.25) is 14.5 Å². The summed E-state index contributed by atoms with van der Waals surface area (Å²) < 4.78 is 0. The topological polar surface area (TPSA) is 57.6 Å². The molecule has 0 bridgehead atoms. The van der Waals surface area contributed by atoms with Gasteiger partial charge in [-0.05, 0) is 28.5 Å². The molecule has 0 unspecified atom stereocenters. The van der Waals surface area contributed by atoms with E-state index in [1.54, 1.807) is 24.3 Å². The largest absolute Gasteiger partial charge is 0.394 e. The van der Waals surface area contributed by atoms with E-state index in [9.17, 15) is 14.7 Å². The first kappa shape index (κ1) is 14.6. The molecule has 1 heterocycles. The quantitative estimate of drug-likeness (QED) is 0.755. The molecule has 1 aliphatic heterocycles. The number of carbonyl (C=O) groups is 2. The number of benzene rings is 3. The lowest BCUT2D eigenvalue weighted by Gasteiger charge is -2.24. The van der Waals surface area contributed by atoms with Gasteiger partial charge in [-0.1, -0.05) is 54.6 Å². The molecule has 0 aliphatic carbocycles. The Labute approximate surface area is 139 Å². The van der Waals surface area contributed by atoms with E-state index in [1.807, 2.05) is 42.5 Å². The third-order valence-electron chi connectivity index (χ3n) is 4.45. The molecule has 0 saturated carbocycles. The van der Waals surface area contributed by atoms with Gasteiger partial charge in [0.05, 0.1) is 23.8 Å². The molecular formula is C20H15NO3. The zero-order chi connectivity index (χ0) is 16.7. The van der Waals surface area contributed by atoms with Crippen molar-refractivity contribution < 1.29 is 14.7 Å². The van der Waals surface area contributed by atoms with Crippen molar-refractivity contribution in [3.8, 4) is 0 Å². The van der Waals surface area contributed by atoms with Crippen LogP contribution in [0.1, 0.15) is 32.3 Å². The zero-order valence-electron chi connectivity index (χ0n) is 12.8. The summed E-state index contributed by atoms with van der Waals surface area (Å²) in [6, 6.07) is 19.6. The number of hydrogen-bond donors (Lipinski definition) is 1. The van der Waals surface area contributed by atoms with Crippen LogP contribution in [0.15, 0.2) is 66.7 Å². The van der Waals surface area contributed by atoms with Crippen LogP contribution in [0.25, 0.3) is 10.8 Å². The van der Waals surface area contributed by atoms with Gasteiger partial charge in [0.15, 0.2) is 0 Å². The second-order valence-corrected chi connectivity index (χ2v) is 5.83. The van der Waals surface area contributed by atoms with E-state index in [1.165, 1.54) is 4.90 Å². The average Bonchev–Trinajstić information content (AvgIpc) is 2.86. The van der Waals surface area contributed by atoms with Crippen LogP contribution in [0.3, 0.4) is 0 Å². The van der Waals surface area contributed by atoms with Crippen LogP contribution in [0.5, 0.6) is 0 Å². The highest BCUT2D eigenvalue weighted by Gasteiger charge is 2.40. The summed E-state index contributed by atoms with van der Waals surface area (Å²) >= 11 is 0. The Hall–Kier alpha value is -2.98. The smallest absolute Gasteiger partial charge is 0.262 e. The minimum Gasteiger partial charge on any atom is -0.394 e. The van der Waals surface area contributed by atoms with Crippen molar-refractivity contribution in [2.45, 2.75) is 6.04 Å². The minimum absolute atomic E-state index is 0.311. The zero-order valence-corrected chi connectivity index (χ0v) is 12.8. The maximum Gasteiger partial charge on any atom is 0.262 e. The number of aliphatic hydroxyl groups excluding tert-OH is 1. The third-order valence-corrected chi connectivity index (χ3v) is 4.45. The summed E-state index contributed by atoms with van der Waals surface area (Å²) in [7, 11) is 0. The molecule has 0 spiro atoms. The predicted octanol–water partition coefficient (Wildman–Crippen LogP) is 3.17. The number of hydrogen-bond acceptors (Lipinski definition) is 3. The molecule has 0 aromatic heterocycles. The Morgan fingerprint density at radius 1 is 0.792 bits per heavy atom. The summed E-state index contributed by atoms with van der Waals surface area (Å²) in [4.78, 5) is 26.8. The highest BCUT2D eigenvalue weighted by molar-refractivity contribution is 6.23. The first-order valence-electron chi connectivity index (χ1n) is 7.77. The standard InChI is InChI=1S/C20H15NO3/c22-12-18(13-6-2-1-3-7-13)21-19(23)16-10-14-8-4-5-9-15(14)11-17(16)20(21)24/h1-11,18,22H,12H2/t18-/m1/s1. The van der Waals surface area contributed by atoms with Crippen LogP contribution in [0.4, 0.5) is 0 Å². The van der Waals surface area contributed by atoms with E-state index >= 15 is 0 Å². The number of fused-ring (bicyclic) bond motifs is 2. The molecule has 3 aromatic carbocycles. The number of amides is 2. The van der Waals surface area contributed by atoms with Gasteiger partial charge in [-0.15, -0.1) is 0 Å². The predicted molar refractivity (Wildman–Crippen MR) is 90.7 cm³/mol. The van der Waals surface area contributed by atoms with Gasteiger partial charge in [0.25, 0.3) is 11.8 Å². The van der Waals surface area contributed by atoms with Gasteiger partial charge in [0.1, 0.15) is 0 Å². The monoisotopic (exact) mass is 317 g/mol. The molecule has 4 nitrogen and oxygen atoms in total. The lowest BCUT2D eigenvalue weighted by Crippen LogP contribution is -2.36. The molecule has 0 fully saturated rings. The van der Waals surface area contributed by atoms with Gasteiger partial charge in [0, 0.05) is 0 Å². The first-order chi connectivity index (χ1) is 11.7. The van der Waals surface area contributed by atoms with Crippen molar-refractivity contribution in [1.29, 1.82) is 0 Å². The summed E-state index contributed by atoms with van der Waals surface area (Å²) in [5.41, 5.74) is 1.53. The summed E-state index contributed by atoms with van der Waals surface area (Å²) in [6.45, 7) is -0.311. The van der Waals surface area contributed by atoms with E-state index < -0.39 is 6.04 Å². The number of rotatable bonds is 3. The van der Waals surface area contributed by atoms with E-state index in [4.69, 9.17) is 0 Å². The summed E-state index contributed by atoms with van der Waals surface area (Å²) in [6.07, 6.45) is 0. The van der Waals surface area contributed by atoms with Gasteiger partial charge >= 0.3 is 0 Å². The Bertz CT molecular complexity index is 895. The van der Waals surface area contributed by atoms with Crippen molar-refractivity contribution >= 4 is 22.6 Å². The van der Waals surface area contributed by atoms with Crippen LogP contribution >= 0.6 is 0 Å². The number of aliphatic hydroxyl groups is 1. The summed E-state index contributed by atoms with van der Waals surface area (Å²) in [5.74, 6) is -0.715. The van der Waals surface area contributed by atoms with Crippen molar-refractivity contribution in [2.24, 2.45) is 0 Å². The van der Waals surface area contributed by atoms with Gasteiger partial charge in [-0.25, -0.2) is 0 Å². The second kappa shape index (κ2) is 5.58. The maximum absolute atomic E-state index is 12.8. The fourth-order valence-electron chi connectivity index (χ4n) is 3.24.